The first kappa shape index (κ1) is 18.1. The van der Waals surface area contributed by atoms with Gasteiger partial charge in [0.05, 0.1) is 6.04 Å². The highest BCUT2D eigenvalue weighted by Crippen LogP contribution is 2.36. The van der Waals surface area contributed by atoms with E-state index in [4.69, 9.17) is 9.47 Å². The van der Waals surface area contributed by atoms with Crippen LogP contribution in [0.2, 0.25) is 0 Å². The molecule has 1 aromatic carbocycles. The van der Waals surface area contributed by atoms with Crippen LogP contribution in [0.15, 0.2) is 18.2 Å². The molecule has 4 aliphatic heterocycles. The van der Waals surface area contributed by atoms with Crippen LogP contribution in [0, 0.1) is 5.92 Å². The first-order chi connectivity index (χ1) is 13.4. The highest BCUT2D eigenvalue weighted by molar-refractivity contribution is 7.99. The number of benzene rings is 1. The van der Waals surface area contributed by atoms with Crippen LogP contribution in [-0.2, 0) is 0 Å². The average Bonchev–Trinajstić information content (AvgIpc) is 3.38. The normalized spacial score (nSPS) is 30.1. The van der Waals surface area contributed by atoms with Crippen molar-refractivity contribution in [3.8, 4) is 11.5 Å². The molecule has 0 radical (unpaired) electrons. The van der Waals surface area contributed by atoms with Crippen LogP contribution < -0.4 is 20.3 Å². The molecule has 148 valence electrons. The summed E-state index contributed by atoms with van der Waals surface area (Å²) in [6, 6.07) is 7.49. The van der Waals surface area contributed by atoms with E-state index in [0.717, 1.165) is 30.6 Å². The third-order valence-electron chi connectivity index (χ3n) is 6.46. The SMILES string of the molecule is c1cc2c(cc1C1NNCC1CN1CCC(N3CCSCC3)CC1)OCO2. The maximum Gasteiger partial charge on any atom is 0.231 e. The number of hydrogen-bond donors (Lipinski definition) is 2. The summed E-state index contributed by atoms with van der Waals surface area (Å²) in [7, 11) is 0. The standard InChI is InChI=1S/C20H30N4O2S/c1-2-18-19(26-14-25-18)11-15(1)20-16(12-21-22-20)13-23-5-3-17(4-6-23)24-7-9-27-10-8-24/h1-2,11,16-17,20-22H,3-10,12-14H2. The van der Waals surface area contributed by atoms with Crippen LogP contribution in [0.5, 0.6) is 11.5 Å². The quantitative estimate of drug-likeness (QED) is 0.811. The number of hydrazine groups is 1. The molecule has 4 aliphatic rings. The van der Waals surface area contributed by atoms with Gasteiger partial charge in [0.2, 0.25) is 6.79 Å². The number of likely N-dealkylation sites (tertiary alicyclic amines) is 1. The minimum absolute atomic E-state index is 0.330. The van der Waals surface area contributed by atoms with Crippen molar-refractivity contribution >= 4 is 11.8 Å². The molecule has 1 aromatic rings. The Bertz CT molecular complexity index is 647. The van der Waals surface area contributed by atoms with Gasteiger partial charge in [0.1, 0.15) is 0 Å². The van der Waals surface area contributed by atoms with E-state index in [-0.39, 0.29) is 0 Å². The molecule has 4 heterocycles. The fraction of sp³-hybridized carbons (Fsp3) is 0.700. The first-order valence-electron chi connectivity index (χ1n) is 10.3. The zero-order valence-electron chi connectivity index (χ0n) is 15.9. The van der Waals surface area contributed by atoms with Gasteiger partial charge >= 0.3 is 0 Å². The number of thioether (sulfide) groups is 1. The largest absolute Gasteiger partial charge is 0.454 e. The molecule has 0 saturated carbocycles. The van der Waals surface area contributed by atoms with E-state index in [9.17, 15) is 0 Å². The minimum Gasteiger partial charge on any atom is -0.454 e. The zero-order valence-corrected chi connectivity index (χ0v) is 16.7. The van der Waals surface area contributed by atoms with Gasteiger partial charge in [-0.15, -0.1) is 0 Å². The Kier molecular flexibility index (Phi) is 5.47. The van der Waals surface area contributed by atoms with Gasteiger partial charge in [0, 0.05) is 49.6 Å². The maximum atomic E-state index is 5.57. The van der Waals surface area contributed by atoms with Crippen LogP contribution in [-0.4, -0.2) is 73.4 Å². The van der Waals surface area contributed by atoms with Crippen molar-refractivity contribution in [2.45, 2.75) is 24.9 Å². The van der Waals surface area contributed by atoms with E-state index in [2.05, 4.69) is 44.5 Å². The molecule has 2 N–H and O–H groups in total. The number of nitrogens with one attached hydrogen (secondary N) is 2. The number of rotatable bonds is 4. The van der Waals surface area contributed by atoms with Gasteiger partial charge in [-0.2, -0.15) is 11.8 Å². The zero-order chi connectivity index (χ0) is 18.1. The Labute approximate surface area is 165 Å². The summed E-state index contributed by atoms with van der Waals surface area (Å²) in [5, 5.41) is 0. The predicted octanol–water partition coefficient (Wildman–Crippen LogP) is 1.69. The number of hydrogen-bond acceptors (Lipinski definition) is 7. The summed E-state index contributed by atoms with van der Waals surface area (Å²) in [5.74, 6) is 4.95. The summed E-state index contributed by atoms with van der Waals surface area (Å²) in [6.45, 7) is 7.56. The van der Waals surface area contributed by atoms with E-state index in [0.29, 0.717) is 18.8 Å². The lowest BCUT2D eigenvalue weighted by Gasteiger charge is -2.41. The second-order valence-electron chi connectivity index (χ2n) is 8.06. The van der Waals surface area contributed by atoms with Crippen molar-refractivity contribution in [3.05, 3.63) is 23.8 Å². The molecule has 7 heteroatoms. The molecule has 3 saturated heterocycles. The van der Waals surface area contributed by atoms with Gasteiger partial charge in [-0.1, -0.05) is 6.07 Å². The summed E-state index contributed by atoms with van der Waals surface area (Å²) in [5.41, 5.74) is 8.15. The molecule has 0 aliphatic carbocycles. The van der Waals surface area contributed by atoms with Gasteiger partial charge in [-0.05, 0) is 43.6 Å². The summed E-state index contributed by atoms with van der Waals surface area (Å²) in [4.78, 5) is 5.41. The third-order valence-corrected chi connectivity index (χ3v) is 7.40. The lowest BCUT2D eigenvalue weighted by molar-refractivity contribution is 0.105. The Morgan fingerprint density at radius 2 is 1.85 bits per heavy atom. The van der Waals surface area contributed by atoms with Gasteiger partial charge in [-0.3, -0.25) is 10.3 Å². The average molecular weight is 391 g/mol. The second-order valence-corrected chi connectivity index (χ2v) is 9.28. The molecule has 0 amide bonds. The highest BCUT2D eigenvalue weighted by Gasteiger charge is 2.33. The van der Waals surface area contributed by atoms with Crippen LogP contribution in [0.1, 0.15) is 24.4 Å². The molecule has 0 aromatic heterocycles. The third kappa shape index (κ3) is 3.93. The van der Waals surface area contributed by atoms with Crippen molar-refractivity contribution in [1.29, 1.82) is 0 Å². The van der Waals surface area contributed by atoms with Crippen LogP contribution in [0.25, 0.3) is 0 Å². The molecule has 0 spiro atoms. The molecule has 2 atom stereocenters. The predicted molar refractivity (Wildman–Crippen MR) is 108 cm³/mol. The fourth-order valence-corrected chi connectivity index (χ4v) is 5.84. The molecular formula is C20H30N4O2S. The molecule has 2 unspecified atom stereocenters. The molecule has 27 heavy (non-hydrogen) atoms. The molecule has 6 nitrogen and oxygen atoms in total. The van der Waals surface area contributed by atoms with E-state index >= 15 is 0 Å². The van der Waals surface area contributed by atoms with Crippen molar-refractivity contribution in [2.24, 2.45) is 5.92 Å². The van der Waals surface area contributed by atoms with Crippen LogP contribution >= 0.6 is 11.8 Å². The number of nitrogens with zero attached hydrogens (tertiary/aromatic N) is 2. The molecule has 3 fully saturated rings. The second kappa shape index (κ2) is 8.17. The number of piperidine rings is 1. The van der Waals surface area contributed by atoms with E-state index in [1.165, 1.54) is 56.1 Å². The van der Waals surface area contributed by atoms with Gasteiger partial charge in [0.25, 0.3) is 0 Å². The van der Waals surface area contributed by atoms with E-state index < -0.39 is 0 Å². The number of ether oxygens (including phenoxy) is 2. The Morgan fingerprint density at radius 1 is 1.04 bits per heavy atom. The van der Waals surface area contributed by atoms with E-state index in [1.807, 2.05) is 6.07 Å². The topological polar surface area (TPSA) is 49.0 Å². The highest BCUT2D eigenvalue weighted by atomic mass is 32.2. The molecule has 0 bridgehead atoms. The lowest BCUT2D eigenvalue weighted by Crippen LogP contribution is -2.48. The van der Waals surface area contributed by atoms with Crippen LogP contribution in [0.4, 0.5) is 0 Å². The van der Waals surface area contributed by atoms with Gasteiger partial charge in [-0.25, -0.2) is 5.43 Å². The number of fused-ring (bicyclic) bond motifs is 1. The maximum absolute atomic E-state index is 5.57. The van der Waals surface area contributed by atoms with Crippen LogP contribution in [0.3, 0.4) is 0 Å². The Balaban J connectivity index is 1.17. The van der Waals surface area contributed by atoms with Crippen molar-refractivity contribution in [3.63, 3.8) is 0 Å². The van der Waals surface area contributed by atoms with Crippen molar-refractivity contribution in [2.75, 3.05) is 57.6 Å². The van der Waals surface area contributed by atoms with Crippen molar-refractivity contribution in [1.82, 2.24) is 20.7 Å². The van der Waals surface area contributed by atoms with Gasteiger partial charge < -0.3 is 14.4 Å². The van der Waals surface area contributed by atoms with Gasteiger partial charge in [0.15, 0.2) is 11.5 Å². The fourth-order valence-electron chi connectivity index (χ4n) is 4.91. The monoisotopic (exact) mass is 390 g/mol. The smallest absolute Gasteiger partial charge is 0.231 e. The first-order valence-corrected chi connectivity index (χ1v) is 11.4. The summed E-state index contributed by atoms with van der Waals surface area (Å²) < 4.78 is 11.0. The Hall–Kier alpha value is -0.990. The Morgan fingerprint density at radius 3 is 2.70 bits per heavy atom. The summed E-state index contributed by atoms with van der Waals surface area (Å²) >= 11 is 2.11. The summed E-state index contributed by atoms with van der Waals surface area (Å²) in [6.07, 6.45) is 2.65. The minimum atomic E-state index is 0.330. The van der Waals surface area contributed by atoms with Crippen molar-refractivity contribution < 1.29 is 9.47 Å². The molecule has 5 rings (SSSR count). The van der Waals surface area contributed by atoms with E-state index in [1.54, 1.807) is 0 Å². The lowest BCUT2D eigenvalue weighted by atomic mass is 9.93. The molecular weight excluding hydrogens is 360 g/mol.